The van der Waals surface area contributed by atoms with Gasteiger partial charge in [0.15, 0.2) is 5.54 Å². The fourth-order valence-corrected chi connectivity index (χ4v) is 4.52. The smallest absolute Gasteiger partial charge is 0.490 e. The monoisotopic (exact) mass is 640 g/mol. The Labute approximate surface area is 256 Å². The van der Waals surface area contributed by atoms with Gasteiger partial charge in [0.2, 0.25) is 0 Å². The molecule has 13 heteroatoms. The third-order valence-corrected chi connectivity index (χ3v) is 6.62. The van der Waals surface area contributed by atoms with Crippen LogP contribution in [0.2, 0.25) is 10.0 Å². The van der Waals surface area contributed by atoms with Gasteiger partial charge in [-0.25, -0.2) is 9.59 Å². The van der Waals surface area contributed by atoms with Crippen molar-refractivity contribution < 1.29 is 42.1 Å². The Hall–Kier alpha value is -3.96. The van der Waals surface area contributed by atoms with Gasteiger partial charge in [-0.05, 0) is 68.3 Å². The molecular weight excluding hydrogens is 612 g/mol. The van der Waals surface area contributed by atoms with Crippen LogP contribution in [0.5, 0.6) is 11.5 Å². The molecule has 3 aromatic rings. The van der Waals surface area contributed by atoms with E-state index < -0.39 is 29.7 Å². The number of ether oxygens (including phenoxy) is 3. The Bertz CT molecular complexity index is 1460. The highest BCUT2D eigenvalue weighted by Crippen LogP contribution is 2.45. The summed E-state index contributed by atoms with van der Waals surface area (Å²) in [5, 5.41) is 11.7. The van der Waals surface area contributed by atoms with Crippen LogP contribution in [0.1, 0.15) is 43.5 Å². The molecule has 0 aliphatic carbocycles. The van der Waals surface area contributed by atoms with Gasteiger partial charge in [-0.15, -0.1) is 0 Å². The van der Waals surface area contributed by atoms with Gasteiger partial charge in [0.05, 0.1) is 25.4 Å². The number of hydrogen-bond donors (Lipinski definition) is 2. The lowest BCUT2D eigenvalue weighted by Crippen LogP contribution is -2.52. The first kappa shape index (κ1) is 33.5. The second kappa shape index (κ2) is 14.0. The molecule has 3 aromatic carbocycles. The van der Waals surface area contributed by atoms with E-state index in [0.29, 0.717) is 38.5 Å². The molecule has 0 radical (unpaired) electrons. The number of esters is 1. The van der Waals surface area contributed by atoms with Crippen LogP contribution in [0.3, 0.4) is 0 Å². The number of hydrogen-bond acceptors (Lipinski definition) is 7. The van der Waals surface area contributed by atoms with E-state index in [1.807, 2.05) is 56.3 Å². The van der Waals surface area contributed by atoms with Crippen molar-refractivity contribution in [3.05, 3.63) is 93.5 Å². The zero-order valence-electron chi connectivity index (χ0n) is 23.5. The zero-order valence-corrected chi connectivity index (χ0v) is 25.1. The average Bonchev–Trinajstić information content (AvgIpc) is 3.35. The molecule has 0 bridgehead atoms. The van der Waals surface area contributed by atoms with Gasteiger partial charge in [-0.1, -0.05) is 47.5 Å². The number of halogens is 5. The molecule has 0 saturated heterocycles. The lowest BCUT2D eigenvalue weighted by Gasteiger charge is -2.33. The summed E-state index contributed by atoms with van der Waals surface area (Å²) in [7, 11) is 1.60. The van der Waals surface area contributed by atoms with E-state index in [1.165, 1.54) is 0 Å². The second-order valence-corrected chi connectivity index (χ2v) is 10.3. The van der Waals surface area contributed by atoms with Crippen LogP contribution in [0.15, 0.2) is 71.7 Å². The van der Waals surface area contributed by atoms with E-state index in [4.69, 9.17) is 52.3 Å². The van der Waals surface area contributed by atoms with Crippen molar-refractivity contribution in [2.24, 2.45) is 4.99 Å². The molecule has 2 N–H and O–H groups in total. The molecule has 43 heavy (non-hydrogen) atoms. The van der Waals surface area contributed by atoms with E-state index in [-0.39, 0.29) is 12.7 Å². The van der Waals surface area contributed by atoms with Gasteiger partial charge >= 0.3 is 18.1 Å². The Morgan fingerprint density at radius 2 is 1.58 bits per heavy atom. The number of carbonyl (C=O) groups excluding carboxylic acids is 1. The average molecular weight is 641 g/mol. The van der Waals surface area contributed by atoms with Crippen molar-refractivity contribution in [2.45, 2.75) is 44.6 Å². The summed E-state index contributed by atoms with van der Waals surface area (Å²) in [5.41, 5.74) is 0.816. The maximum atomic E-state index is 13.8. The molecule has 1 aliphatic heterocycles. The van der Waals surface area contributed by atoms with Crippen molar-refractivity contribution in [2.75, 3.05) is 13.7 Å². The van der Waals surface area contributed by atoms with E-state index in [0.717, 1.165) is 5.56 Å². The summed E-state index contributed by atoms with van der Waals surface area (Å²) in [6.45, 7) is 5.88. The summed E-state index contributed by atoms with van der Waals surface area (Å²) in [6, 6.07) is 19.3. The molecule has 0 fully saturated rings. The van der Waals surface area contributed by atoms with Crippen LogP contribution in [0.25, 0.3) is 0 Å². The molecule has 0 unspecified atom stereocenters. The number of alkyl halides is 3. The number of aliphatic imine (C=N–C) groups is 1. The van der Waals surface area contributed by atoms with Crippen LogP contribution in [0.4, 0.5) is 13.2 Å². The molecule has 0 amide bonds. The molecule has 0 saturated carbocycles. The van der Waals surface area contributed by atoms with Crippen LogP contribution >= 0.6 is 23.2 Å². The van der Waals surface area contributed by atoms with Crippen LogP contribution in [0, 0.1) is 0 Å². The van der Waals surface area contributed by atoms with Crippen LogP contribution < -0.4 is 14.8 Å². The second-order valence-electron chi connectivity index (χ2n) is 9.42. The minimum absolute atomic E-state index is 0.0870. The number of nitrogens with one attached hydrogen (secondary N) is 1. The first-order chi connectivity index (χ1) is 20.2. The third kappa shape index (κ3) is 7.91. The highest BCUT2D eigenvalue weighted by molar-refractivity contribution is 6.30. The molecule has 0 spiro atoms. The predicted molar refractivity (Wildman–Crippen MR) is 156 cm³/mol. The minimum atomic E-state index is -5.08. The van der Waals surface area contributed by atoms with Gasteiger partial charge < -0.3 is 24.6 Å². The molecule has 2 atom stereocenters. The Morgan fingerprint density at radius 3 is 2.07 bits per heavy atom. The summed E-state index contributed by atoms with van der Waals surface area (Å²) in [5.74, 6) is -1.48. The van der Waals surface area contributed by atoms with Crippen molar-refractivity contribution in [1.29, 1.82) is 0 Å². The molecule has 8 nitrogen and oxygen atoms in total. The highest BCUT2D eigenvalue weighted by atomic mass is 35.5. The normalized spacial score (nSPS) is 17.7. The summed E-state index contributed by atoms with van der Waals surface area (Å²) in [6.07, 6.45) is -5.17. The van der Waals surface area contributed by atoms with Gasteiger partial charge in [0.25, 0.3) is 0 Å². The number of amidine groups is 1. The number of carboxylic acid groups (broad SMARTS) is 1. The predicted octanol–water partition coefficient (Wildman–Crippen LogP) is 6.97. The molecule has 1 heterocycles. The van der Waals surface area contributed by atoms with E-state index in [9.17, 15) is 18.0 Å². The molecule has 230 valence electrons. The maximum Gasteiger partial charge on any atom is 0.490 e. The van der Waals surface area contributed by atoms with Gasteiger partial charge in [-0.2, -0.15) is 13.2 Å². The lowest BCUT2D eigenvalue weighted by atomic mass is 9.80. The number of benzene rings is 3. The Balaban J connectivity index is 0.000000646. The van der Waals surface area contributed by atoms with Crippen molar-refractivity contribution >= 4 is 41.0 Å². The Kier molecular flexibility index (Phi) is 10.9. The maximum absolute atomic E-state index is 13.8. The first-order valence-corrected chi connectivity index (χ1v) is 13.7. The standard InChI is InChI=1S/C28H28Cl2N2O4.C2HF3O2/c1-5-35-27(33)28(19-8-12-21(30)13-9-19)25(18-6-10-20(29)11-7-18)31-26(32-28)23-15-14-22(34-4)16-24(23)36-17(2)3;3-2(4,5)1(6)7/h6-17,25H,5H2,1-4H3,(H,31,32);(H,6,7)/t25-,28+;/m1./s1. The van der Waals surface area contributed by atoms with Crippen LogP contribution in [-0.4, -0.2) is 48.9 Å². The Morgan fingerprint density at radius 1 is 1.02 bits per heavy atom. The number of methoxy groups -OCH3 is 1. The third-order valence-electron chi connectivity index (χ3n) is 6.12. The number of aliphatic carboxylic acids is 1. The number of rotatable bonds is 8. The van der Waals surface area contributed by atoms with Crippen molar-refractivity contribution in [3.8, 4) is 11.5 Å². The number of carbonyl (C=O) groups is 2. The molecular formula is C30H29Cl2F3N2O6. The summed E-state index contributed by atoms with van der Waals surface area (Å²) in [4.78, 5) is 27.7. The lowest BCUT2D eigenvalue weighted by molar-refractivity contribution is -0.192. The molecule has 1 aliphatic rings. The molecule has 0 aromatic heterocycles. The molecule has 4 rings (SSSR count). The quantitative estimate of drug-likeness (QED) is 0.256. The fourth-order valence-electron chi connectivity index (χ4n) is 4.26. The zero-order chi connectivity index (χ0) is 31.9. The number of carboxylic acids is 1. The summed E-state index contributed by atoms with van der Waals surface area (Å²) >= 11 is 12.4. The van der Waals surface area contributed by atoms with Gasteiger partial charge in [0.1, 0.15) is 23.4 Å². The van der Waals surface area contributed by atoms with E-state index in [2.05, 4.69) is 5.32 Å². The van der Waals surface area contributed by atoms with Crippen molar-refractivity contribution in [3.63, 3.8) is 0 Å². The largest absolute Gasteiger partial charge is 0.497 e. The van der Waals surface area contributed by atoms with Crippen molar-refractivity contribution in [1.82, 2.24) is 5.32 Å². The topological polar surface area (TPSA) is 106 Å². The SMILES string of the molecule is CCOC(=O)[C@@]1(c2ccc(Cl)cc2)NC(c2ccc(OC)cc2OC(C)C)=N[C@@H]1c1ccc(Cl)cc1.O=C(O)C(F)(F)F. The van der Waals surface area contributed by atoms with Crippen LogP contribution in [-0.2, 0) is 19.9 Å². The highest BCUT2D eigenvalue weighted by Gasteiger charge is 2.54. The summed E-state index contributed by atoms with van der Waals surface area (Å²) < 4.78 is 48.9. The van der Waals surface area contributed by atoms with Gasteiger partial charge in [-0.3, -0.25) is 4.99 Å². The fraction of sp³-hybridized carbons (Fsp3) is 0.300. The van der Waals surface area contributed by atoms with E-state index >= 15 is 0 Å². The number of nitrogens with zero attached hydrogens (tertiary/aromatic N) is 1. The first-order valence-electron chi connectivity index (χ1n) is 12.9. The minimum Gasteiger partial charge on any atom is -0.497 e. The van der Waals surface area contributed by atoms with Gasteiger partial charge in [0, 0.05) is 16.1 Å². The van der Waals surface area contributed by atoms with E-state index in [1.54, 1.807) is 38.3 Å².